The molecule has 2 saturated heterocycles. The zero-order valence-corrected chi connectivity index (χ0v) is 23.9. The molecular weight excluding hydrogens is 563 g/mol. The van der Waals surface area contributed by atoms with Crippen molar-refractivity contribution in [3.05, 3.63) is 71.1 Å². The summed E-state index contributed by atoms with van der Waals surface area (Å²) in [5.74, 6) is 0.232. The highest BCUT2D eigenvalue weighted by Gasteiger charge is 2.34. The number of aromatic nitrogens is 1. The van der Waals surface area contributed by atoms with E-state index in [9.17, 15) is 14.3 Å². The van der Waals surface area contributed by atoms with Gasteiger partial charge in [-0.15, -0.1) is 0 Å². The van der Waals surface area contributed by atoms with E-state index in [-0.39, 0.29) is 29.9 Å². The monoisotopic (exact) mass is 596 g/mol. The molecule has 3 aromatic rings. The van der Waals surface area contributed by atoms with E-state index in [4.69, 9.17) is 25.8 Å². The van der Waals surface area contributed by atoms with Crippen molar-refractivity contribution in [1.29, 1.82) is 0 Å². The molecule has 4 heterocycles. The van der Waals surface area contributed by atoms with E-state index in [2.05, 4.69) is 20.1 Å². The zero-order valence-electron chi connectivity index (χ0n) is 23.2. The summed E-state index contributed by atoms with van der Waals surface area (Å²) in [5, 5.41) is 15.0. The summed E-state index contributed by atoms with van der Waals surface area (Å²) in [5.41, 5.74) is 1.23. The van der Waals surface area contributed by atoms with Crippen molar-refractivity contribution in [2.75, 3.05) is 50.8 Å². The van der Waals surface area contributed by atoms with Gasteiger partial charge in [0.2, 0.25) is 11.8 Å². The van der Waals surface area contributed by atoms with Crippen LogP contribution in [0.25, 0.3) is 0 Å². The van der Waals surface area contributed by atoms with Crippen LogP contribution in [0.1, 0.15) is 30.9 Å². The van der Waals surface area contributed by atoms with Gasteiger partial charge in [0.25, 0.3) is 0 Å². The number of aliphatic hydroxyl groups excluding tert-OH is 1. The molecule has 2 aromatic carbocycles. The number of hydrogen-bond acceptors (Lipinski definition) is 8. The maximum atomic E-state index is 14.8. The Morgan fingerprint density at radius 2 is 1.98 bits per heavy atom. The molecule has 42 heavy (non-hydrogen) atoms. The second kappa shape index (κ2) is 12.7. The van der Waals surface area contributed by atoms with E-state index in [0.717, 1.165) is 31.6 Å². The maximum Gasteiger partial charge on any atom is 0.225 e. The quantitative estimate of drug-likeness (QED) is 0.371. The Hall–Kier alpha value is -3.60. The predicted molar refractivity (Wildman–Crippen MR) is 156 cm³/mol. The van der Waals surface area contributed by atoms with Crippen LogP contribution in [0.5, 0.6) is 23.1 Å². The van der Waals surface area contributed by atoms with Crippen LogP contribution in [0.15, 0.2) is 54.7 Å². The van der Waals surface area contributed by atoms with Crippen LogP contribution in [-0.4, -0.2) is 72.9 Å². The smallest absolute Gasteiger partial charge is 0.225 e. The van der Waals surface area contributed by atoms with Gasteiger partial charge in [0, 0.05) is 43.7 Å². The van der Waals surface area contributed by atoms with Crippen molar-refractivity contribution < 1.29 is 28.5 Å². The van der Waals surface area contributed by atoms with Crippen molar-refractivity contribution in [2.24, 2.45) is 5.92 Å². The van der Waals surface area contributed by atoms with E-state index in [1.807, 2.05) is 24.3 Å². The Balaban J connectivity index is 1.15. The Labute approximate surface area is 249 Å². The molecule has 1 aromatic heterocycles. The summed E-state index contributed by atoms with van der Waals surface area (Å²) >= 11 is 6.39. The van der Waals surface area contributed by atoms with Gasteiger partial charge in [-0.2, -0.15) is 0 Å². The number of fused-ring (bicyclic) bond motifs is 1. The fourth-order valence-electron chi connectivity index (χ4n) is 5.80. The molecule has 222 valence electrons. The molecule has 3 unspecified atom stereocenters. The number of ether oxygens (including phenoxy) is 3. The number of halogens is 2. The Bertz CT molecular complexity index is 1410. The molecule has 2 N–H and O–H groups in total. The summed E-state index contributed by atoms with van der Waals surface area (Å²) in [6.07, 6.45) is 3.31. The summed E-state index contributed by atoms with van der Waals surface area (Å²) in [7, 11) is 0. The third-order valence-electron chi connectivity index (χ3n) is 8.01. The number of benzene rings is 2. The van der Waals surface area contributed by atoms with Gasteiger partial charge in [-0.05, 0) is 68.2 Å². The molecule has 9 nitrogen and oxygen atoms in total. The molecule has 3 atom stereocenters. The Kier molecular flexibility index (Phi) is 8.64. The fraction of sp³-hybridized carbons (Fsp3) is 0.419. The highest BCUT2D eigenvalue weighted by atomic mass is 35.5. The Morgan fingerprint density at radius 1 is 1.14 bits per heavy atom. The van der Waals surface area contributed by atoms with Crippen LogP contribution in [0, 0.1) is 11.7 Å². The predicted octanol–water partition coefficient (Wildman–Crippen LogP) is 4.58. The number of nitrogens with one attached hydrogen (secondary N) is 1. The topological polar surface area (TPSA) is 96.4 Å². The van der Waals surface area contributed by atoms with Crippen molar-refractivity contribution in [3.8, 4) is 23.1 Å². The number of pyridine rings is 1. The normalized spacial score (nSPS) is 19.9. The first-order chi connectivity index (χ1) is 20.4. The van der Waals surface area contributed by atoms with Gasteiger partial charge >= 0.3 is 0 Å². The van der Waals surface area contributed by atoms with Crippen LogP contribution >= 0.6 is 11.6 Å². The van der Waals surface area contributed by atoms with Crippen LogP contribution in [0.2, 0.25) is 5.02 Å². The van der Waals surface area contributed by atoms with E-state index in [1.54, 1.807) is 24.4 Å². The van der Waals surface area contributed by atoms with Crippen LogP contribution in [0.3, 0.4) is 0 Å². The van der Waals surface area contributed by atoms with E-state index >= 15 is 0 Å². The number of carbonyl (C=O) groups excluding carboxylic acids is 1. The van der Waals surface area contributed by atoms with E-state index in [0.29, 0.717) is 54.9 Å². The van der Waals surface area contributed by atoms with Gasteiger partial charge in [-0.25, -0.2) is 9.37 Å². The lowest BCUT2D eigenvalue weighted by Crippen LogP contribution is -2.48. The largest absolute Gasteiger partial charge is 0.486 e. The number of anilines is 1. The third-order valence-corrected chi connectivity index (χ3v) is 8.33. The van der Waals surface area contributed by atoms with E-state index in [1.165, 1.54) is 6.07 Å². The molecule has 0 radical (unpaired) electrons. The maximum absolute atomic E-state index is 14.8. The standard InChI is InChI=1S/C31H34ClFN4O5/c32-23-7-6-22(17-26(23)42-28-5-1-2-9-34-28)37-12-8-20(18-37)31(39)35-25(19-36-10-3-4-11-36)29(38)21-15-24(33)30-27(16-21)40-13-14-41-30/h1-2,5-7,9,15-17,20,25,29,38H,3-4,8,10-14,18-19H2,(H,35,39). The van der Waals surface area contributed by atoms with Crippen molar-refractivity contribution in [3.63, 3.8) is 0 Å². The number of nitrogens with zero attached hydrogens (tertiary/aromatic N) is 3. The number of amides is 1. The van der Waals surface area contributed by atoms with Gasteiger partial charge in [-0.3, -0.25) is 4.79 Å². The minimum atomic E-state index is -1.13. The van der Waals surface area contributed by atoms with Gasteiger partial charge in [-0.1, -0.05) is 17.7 Å². The van der Waals surface area contributed by atoms with Gasteiger partial charge in [0.05, 0.1) is 17.0 Å². The number of likely N-dealkylation sites (tertiary alicyclic amines) is 1. The number of carbonyl (C=O) groups is 1. The summed E-state index contributed by atoms with van der Waals surface area (Å²) < 4.78 is 31.7. The molecule has 11 heteroatoms. The molecule has 1 amide bonds. The molecule has 6 rings (SSSR count). The fourth-order valence-corrected chi connectivity index (χ4v) is 5.95. The molecule has 0 saturated carbocycles. The van der Waals surface area contributed by atoms with E-state index < -0.39 is 18.0 Å². The first kappa shape index (κ1) is 28.5. The number of rotatable bonds is 9. The van der Waals surface area contributed by atoms with Crippen LogP contribution in [0.4, 0.5) is 10.1 Å². The molecular formula is C31H34ClFN4O5. The van der Waals surface area contributed by atoms with Crippen molar-refractivity contribution >= 4 is 23.2 Å². The minimum Gasteiger partial charge on any atom is -0.486 e. The zero-order chi connectivity index (χ0) is 29.1. The van der Waals surface area contributed by atoms with Crippen LogP contribution < -0.4 is 24.4 Å². The molecule has 2 fully saturated rings. The highest BCUT2D eigenvalue weighted by Crippen LogP contribution is 2.37. The minimum absolute atomic E-state index is 0.0548. The second-order valence-corrected chi connectivity index (χ2v) is 11.3. The molecule has 0 aliphatic carbocycles. The summed E-state index contributed by atoms with van der Waals surface area (Å²) in [6, 6.07) is 13.2. The van der Waals surface area contributed by atoms with Crippen LogP contribution in [-0.2, 0) is 4.79 Å². The number of aliphatic hydroxyl groups is 1. The number of hydrogen-bond donors (Lipinski definition) is 2. The van der Waals surface area contributed by atoms with Gasteiger partial charge in [0.15, 0.2) is 17.3 Å². The molecule has 3 aliphatic heterocycles. The first-order valence-electron chi connectivity index (χ1n) is 14.4. The van der Waals surface area contributed by atoms with Crippen molar-refractivity contribution in [2.45, 2.75) is 31.4 Å². The lowest BCUT2D eigenvalue weighted by molar-refractivity contribution is -0.126. The second-order valence-electron chi connectivity index (χ2n) is 10.9. The lowest BCUT2D eigenvalue weighted by Gasteiger charge is -2.30. The third kappa shape index (κ3) is 6.40. The van der Waals surface area contributed by atoms with Gasteiger partial charge in [0.1, 0.15) is 25.1 Å². The SMILES string of the molecule is O=C(NC(CN1CCCC1)C(O)c1cc(F)c2c(c1)OCCO2)C1CCN(c2ccc(Cl)c(Oc3ccccn3)c2)C1. The summed E-state index contributed by atoms with van der Waals surface area (Å²) in [4.78, 5) is 22.1. The molecule has 0 spiro atoms. The average molecular weight is 597 g/mol. The highest BCUT2D eigenvalue weighted by molar-refractivity contribution is 6.32. The Morgan fingerprint density at radius 3 is 2.79 bits per heavy atom. The van der Waals surface area contributed by atoms with Crippen molar-refractivity contribution in [1.82, 2.24) is 15.2 Å². The first-order valence-corrected chi connectivity index (χ1v) is 14.8. The molecule has 0 bridgehead atoms. The molecule has 3 aliphatic rings. The average Bonchev–Trinajstić information content (AvgIpc) is 3.71. The summed E-state index contributed by atoms with van der Waals surface area (Å²) in [6.45, 7) is 4.01. The van der Waals surface area contributed by atoms with Gasteiger partial charge < -0.3 is 34.4 Å². The lowest BCUT2D eigenvalue weighted by atomic mass is 9.99.